The summed E-state index contributed by atoms with van der Waals surface area (Å²) in [6.45, 7) is 6.40. The van der Waals surface area contributed by atoms with Crippen LogP contribution in [0.25, 0.3) is 5.69 Å². The first-order valence-electron chi connectivity index (χ1n) is 7.33. The fourth-order valence-corrected chi connectivity index (χ4v) is 2.12. The highest BCUT2D eigenvalue weighted by molar-refractivity contribution is 5.95. The third-order valence-corrected chi connectivity index (χ3v) is 3.27. The minimum Gasteiger partial charge on any atom is -0.351 e. The maximum Gasteiger partial charge on any atom is 0.254 e. The van der Waals surface area contributed by atoms with Gasteiger partial charge in [-0.25, -0.2) is 4.68 Å². The van der Waals surface area contributed by atoms with Crippen LogP contribution in [0.5, 0.6) is 0 Å². The third kappa shape index (κ3) is 3.92. The number of hydrogen-bond acceptors (Lipinski definition) is 3. The molecule has 5 heteroatoms. The van der Waals surface area contributed by atoms with E-state index >= 15 is 0 Å². The van der Waals surface area contributed by atoms with Crippen LogP contribution in [0.4, 0.5) is 0 Å². The summed E-state index contributed by atoms with van der Waals surface area (Å²) >= 11 is 0. The number of nitrogens with zero attached hydrogens (tertiary/aromatic N) is 2. The monoisotopic (exact) mass is 286 g/mol. The number of para-hydroxylation sites is 1. The molecule has 0 aliphatic carbocycles. The van der Waals surface area contributed by atoms with Gasteiger partial charge >= 0.3 is 0 Å². The fourth-order valence-electron chi connectivity index (χ4n) is 2.12. The van der Waals surface area contributed by atoms with Crippen molar-refractivity contribution in [3.8, 4) is 5.69 Å². The molecule has 2 aromatic rings. The van der Waals surface area contributed by atoms with Gasteiger partial charge in [0.25, 0.3) is 5.91 Å². The average Bonchev–Trinajstić information content (AvgIpc) is 2.89. The van der Waals surface area contributed by atoms with E-state index in [4.69, 9.17) is 0 Å². The quantitative estimate of drug-likeness (QED) is 0.764. The van der Waals surface area contributed by atoms with E-state index in [9.17, 15) is 4.79 Å². The van der Waals surface area contributed by atoms with E-state index < -0.39 is 0 Å². The number of carbonyl (C=O) groups excluding carboxylic acids is 1. The Hall–Kier alpha value is -2.14. The van der Waals surface area contributed by atoms with Crippen molar-refractivity contribution in [2.75, 3.05) is 19.6 Å². The highest BCUT2D eigenvalue weighted by atomic mass is 16.1. The number of carbonyl (C=O) groups is 1. The van der Waals surface area contributed by atoms with Crippen molar-refractivity contribution in [1.29, 1.82) is 0 Å². The predicted molar refractivity (Wildman–Crippen MR) is 83.8 cm³/mol. The largest absolute Gasteiger partial charge is 0.351 e. The van der Waals surface area contributed by atoms with Crippen molar-refractivity contribution in [3.05, 3.63) is 47.8 Å². The summed E-state index contributed by atoms with van der Waals surface area (Å²) in [6, 6.07) is 9.80. The number of hydrogen-bond donors (Lipinski definition) is 2. The van der Waals surface area contributed by atoms with Crippen LogP contribution in [-0.4, -0.2) is 35.3 Å². The zero-order valence-corrected chi connectivity index (χ0v) is 12.6. The van der Waals surface area contributed by atoms with E-state index in [2.05, 4.69) is 22.7 Å². The summed E-state index contributed by atoms with van der Waals surface area (Å²) < 4.78 is 1.78. The standard InChI is InChI=1S/C16H22N4O/c1-3-9-17-10-11-18-16(21)15-12-19-20(13(15)2)14-7-5-4-6-8-14/h4-8,12,17H,3,9-11H2,1-2H3,(H,18,21). The van der Waals surface area contributed by atoms with Gasteiger partial charge in [-0.2, -0.15) is 5.10 Å². The van der Waals surface area contributed by atoms with Crippen molar-refractivity contribution in [2.24, 2.45) is 0 Å². The van der Waals surface area contributed by atoms with E-state index in [-0.39, 0.29) is 5.91 Å². The lowest BCUT2D eigenvalue weighted by Crippen LogP contribution is -2.32. The predicted octanol–water partition coefficient (Wildman–Crippen LogP) is 1.91. The van der Waals surface area contributed by atoms with Crippen LogP contribution in [0.1, 0.15) is 29.4 Å². The van der Waals surface area contributed by atoms with Gasteiger partial charge in [0.1, 0.15) is 0 Å². The molecule has 0 fully saturated rings. The molecule has 0 unspecified atom stereocenters. The van der Waals surface area contributed by atoms with Crippen LogP contribution in [0.3, 0.4) is 0 Å². The summed E-state index contributed by atoms with van der Waals surface area (Å²) in [5, 5.41) is 10.5. The molecular formula is C16H22N4O. The second kappa shape index (κ2) is 7.59. The first-order chi connectivity index (χ1) is 10.2. The van der Waals surface area contributed by atoms with Crippen molar-refractivity contribution >= 4 is 5.91 Å². The number of benzene rings is 1. The maximum absolute atomic E-state index is 12.2. The highest BCUT2D eigenvalue weighted by Crippen LogP contribution is 2.13. The molecule has 1 heterocycles. The van der Waals surface area contributed by atoms with Crippen LogP contribution < -0.4 is 10.6 Å². The summed E-state index contributed by atoms with van der Waals surface area (Å²) in [4.78, 5) is 12.2. The topological polar surface area (TPSA) is 58.9 Å². The summed E-state index contributed by atoms with van der Waals surface area (Å²) in [5.41, 5.74) is 2.42. The summed E-state index contributed by atoms with van der Waals surface area (Å²) in [7, 11) is 0. The van der Waals surface area contributed by atoms with Crippen LogP contribution >= 0.6 is 0 Å². The molecule has 1 aromatic heterocycles. The van der Waals surface area contributed by atoms with Gasteiger partial charge < -0.3 is 10.6 Å². The summed E-state index contributed by atoms with van der Waals surface area (Å²) in [5.74, 6) is -0.0759. The van der Waals surface area contributed by atoms with Gasteiger partial charge in [0.15, 0.2) is 0 Å². The Kier molecular flexibility index (Phi) is 5.51. The molecule has 2 N–H and O–H groups in total. The van der Waals surface area contributed by atoms with E-state index in [1.807, 2.05) is 37.3 Å². The molecule has 0 saturated heterocycles. The average molecular weight is 286 g/mol. The first-order valence-corrected chi connectivity index (χ1v) is 7.33. The SMILES string of the molecule is CCCNCCNC(=O)c1cnn(-c2ccccc2)c1C. The van der Waals surface area contributed by atoms with Gasteiger partial charge in [0.05, 0.1) is 23.1 Å². The van der Waals surface area contributed by atoms with Gasteiger partial charge in [-0.1, -0.05) is 25.1 Å². The second-order valence-electron chi connectivity index (χ2n) is 4.90. The summed E-state index contributed by atoms with van der Waals surface area (Å²) in [6.07, 6.45) is 2.72. The van der Waals surface area contributed by atoms with E-state index in [0.29, 0.717) is 12.1 Å². The van der Waals surface area contributed by atoms with Gasteiger partial charge in [0.2, 0.25) is 0 Å². The lowest BCUT2D eigenvalue weighted by molar-refractivity contribution is 0.0953. The lowest BCUT2D eigenvalue weighted by atomic mass is 10.2. The molecule has 0 saturated carbocycles. The van der Waals surface area contributed by atoms with Crippen LogP contribution in [0.2, 0.25) is 0 Å². The molecule has 5 nitrogen and oxygen atoms in total. The normalized spacial score (nSPS) is 10.6. The number of amides is 1. The Morgan fingerprint density at radius 3 is 2.67 bits per heavy atom. The number of aromatic nitrogens is 2. The Labute approximate surface area is 125 Å². The molecule has 2 rings (SSSR count). The van der Waals surface area contributed by atoms with E-state index in [1.165, 1.54) is 0 Å². The molecule has 0 aliphatic rings. The first kappa shape index (κ1) is 15.3. The van der Waals surface area contributed by atoms with Gasteiger partial charge in [-0.3, -0.25) is 4.79 Å². The Morgan fingerprint density at radius 2 is 1.95 bits per heavy atom. The molecule has 0 radical (unpaired) electrons. The molecule has 0 bridgehead atoms. The molecular weight excluding hydrogens is 264 g/mol. The van der Waals surface area contributed by atoms with Crippen molar-refractivity contribution < 1.29 is 4.79 Å². The number of rotatable bonds is 7. The van der Waals surface area contributed by atoms with E-state index in [1.54, 1.807) is 10.9 Å². The molecule has 112 valence electrons. The van der Waals surface area contributed by atoms with Gasteiger partial charge in [-0.05, 0) is 32.0 Å². The Morgan fingerprint density at radius 1 is 1.19 bits per heavy atom. The molecule has 0 atom stereocenters. The van der Waals surface area contributed by atoms with Crippen molar-refractivity contribution in [1.82, 2.24) is 20.4 Å². The molecule has 21 heavy (non-hydrogen) atoms. The highest BCUT2D eigenvalue weighted by Gasteiger charge is 2.14. The van der Waals surface area contributed by atoms with Crippen LogP contribution in [-0.2, 0) is 0 Å². The third-order valence-electron chi connectivity index (χ3n) is 3.27. The smallest absolute Gasteiger partial charge is 0.254 e. The van der Waals surface area contributed by atoms with Crippen molar-refractivity contribution in [3.63, 3.8) is 0 Å². The molecule has 0 aliphatic heterocycles. The van der Waals surface area contributed by atoms with Crippen molar-refractivity contribution in [2.45, 2.75) is 20.3 Å². The second-order valence-corrected chi connectivity index (χ2v) is 4.90. The minimum atomic E-state index is -0.0759. The minimum absolute atomic E-state index is 0.0759. The molecule has 1 aromatic carbocycles. The zero-order valence-electron chi connectivity index (χ0n) is 12.6. The van der Waals surface area contributed by atoms with Crippen LogP contribution in [0.15, 0.2) is 36.5 Å². The fraction of sp³-hybridized carbons (Fsp3) is 0.375. The molecule has 1 amide bonds. The lowest BCUT2D eigenvalue weighted by Gasteiger charge is -2.07. The maximum atomic E-state index is 12.2. The van der Waals surface area contributed by atoms with E-state index in [0.717, 1.165) is 30.9 Å². The Balaban J connectivity index is 1.98. The van der Waals surface area contributed by atoms with Gasteiger partial charge in [-0.15, -0.1) is 0 Å². The molecule has 0 spiro atoms. The van der Waals surface area contributed by atoms with Gasteiger partial charge in [0, 0.05) is 13.1 Å². The Bertz CT molecular complexity index is 577. The van der Waals surface area contributed by atoms with Crippen LogP contribution in [0, 0.1) is 6.92 Å². The zero-order chi connectivity index (χ0) is 15.1. The number of nitrogens with one attached hydrogen (secondary N) is 2.